The highest BCUT2D eigenvalue weighted by atomic mass is 79.9. The van der Waals surface area contributed by atoms with E-state index in [1.165, 1.54) is 0 Å². The van der Waals surface area contributed by atoms with Gasteiger partial charge in [-0.15, -0.1) is 0 Å². The van der Waals surface area contributed by atoms with E-state index in [0.29, 0.717) is 11.9 Å². The molecule has 16 heavy (non-hydrogen) atoms. The fraction of sp³-hybridized carbons (Fsp3) is 0.417. The molecule has 0 fully saturated rings. The molecule has 0 aliphatic heterocycles. The lowest BCUT2D eigenvalue weighted by atomic mass is 10.1. The van der Waals surface area contributed by atoms with Crippen LogP contribution in [0.15, 0.2) is 30.3 Å². The van der Waals surface area contributed by atoms with Crippen molar-refractivity contribution in [1.29, 1.82) is 0 Å². The van der Waals surface area contributed by atoms with E-state index in [9.17, 15) is 4.79 Å². The van der Waals surface area contributed by atoms with Crippen LogP contribution in [-0.4, -0.2) is 17.0 Å². The number of carbonyl (C=O) groups is 1. The molecule has 4 heteroatoms. The van der Waals surface area contributed by atoms with Gasteiger partial charge in [-0.25, -0.2) is 4.79 Å². The molecule has 0 aromatic heterocycles. The Balaban J connectivity index is 2.36. The summed E-state index contributed by atoms with van der Waals surface area (Å²) in [5, 5.41) is 3.45. The molecule has 1 aromatic rings. The average Bonchev–Trinajstić information content (AvgIpc) is 2.27. The Kier molecular flexibility index (Phi) is 4.80. The molecule has 0 spiro atoms. The van der Waals surface area contributed by atoms with Crippen molar-refractivity contribution < 1.29 is 9.53 Å². The van der Waals surface area contributed by atoms with Gasteiger partial charge in [-0.3, -0.25) is 0 Å². The lowest BCUT2D eigenvalue weighted by Gasteiger charge is -2.22. The van der Waals surface area contributed by atoms with E-state index in [0.717, 1.165) is 5.56 Å². The fourth-order valence-electron chi connectivity index (χ4n) is 1.07. The number of halogens is 1. The zero-order chi connectivity index (χ0) is 12.0. The van der Waals surface area contributed by atoms with E-state index in [-0.39, 0.29) is 5.54 Å². The Bertz CT molecular complexity index is 338. The Morgan fingerprint density at radius 2 is 2.00 bits per heavy atom. The number of amides is 1. The van der Waals surface area contributed by atoms with E-state index in [1.54, 1.807) is 0 Å². The van der Waals surface area contributed by atoms with Gasteiger partial charge in [0.15, 0.2) is 0 Å². The first-order valence-corrected chi connectivity index (χ1v) is 6.20. The Morgan fingerprint density at radius 3 is 2.56 bits per heavy atom. The summed E-state index contributed by atoms with van der Waals surface area (Å²) in [5.74, 6) is 0. The minimum absolute atomic E-state index is 0.297. The standard InChI is InChI=1S/C12H16BrNO2/c1-12(2,9-13)14-11(15)16-8-10-6-4-3-5-7-10/h3-7H,8-9H2,1-2H3,(H,14,15). The van der Waals surface area contributed by atoms with Gasteiger partial charge in [0, 0.05) is 10.9 Å². The van der Waals surface area contributed by atoms with E-state index >= 15 is 0 Å². The van der Waals surface area contributed by atoms with Gasteiger partial charge in [0.2, 0.25) is 0 Å². The van der Waals surface area contributed by atoms with Gasteiger partial charge in [-0.05, 0) is 19.4 Å². The van der Waals surface area contributed by atoms with Crippen LogP contribution in [-0.2, 0) is 11.3 Å². The predicted molar refractivity (Wildman–Crippen MR) is 67.6 cm³/mol. The molecule has 0 unspecified atom stereocenters. The zero-order valence-electron chi connectivity index (χ0n) is 9.50. The molecule has 0 saturated heterocycles. The summed E-state index contributed by atoms with van der Waals surface area (Å²) in [6.07, 6.45) is -0.395. The average molecular weight is 286 g/mol. The minimum atomic E-state index is -0.395. The quantitative estimate of drug-likeness (QED) is 0.864. The van der Waals surface area contributed by atoms with Crippen LogP contribution in [0.4, 0.5) is 4.79 Å². The molecule has 0 aliphatic carbocycles. The molecule has 1 aromatic carbocycles. The second kappa shape index (κ2) is 5.89. The van der Waals surface area contributed by atoms with Crippen LogP contribution in [0.1, 0.15) is 19.4 Å². The number of benzene rings is 1. The smallest absolute Gasteiger partial charge is 0.407 e. The van der Waals surface area contributed by atoms with Crippen LogP contribution in [0, 0.1) is 0 Å². The monoisotopic (exact) mass is 285 g/mol. The number of alkyl carbamates (subject to hydrolysis) is 1. The maximum absolute atomic E-state index is 11.4. The summed E-state index contributed by atoms with van der Waals surface area (Å²) in [6.45, 7) is 4.14. The maximum Gasteiger partial charge on any atom is 0.407 e. The SMILES string of the molecule is CC(C)(CBr)NC(=O)OCc1ccccc1. The largest absolute Gasteiger partial charge is 0.445 e. The molecule has 0 saturated carbocycles. The summed E-state index contributed by atoms with van der Waals surface area (Å²) in [7, 11) is 0. The fourth-order valence-corrected chi connectivity index (χ4v) is 1.21. The van der Waals surface area contributed by atoms with Crippen molar-refractivity contribution >= 4 is 22.0 Å². The molecule has 1 amide bonds. The van der Waals surface area contributed by atoms with E-state index in [1.807, 2.05) is 44.2 Å². The first-order valence-electron chi connectivity index (χ1n) is 5.08. The lowest BCUT2D eigenvalue weighted by Crippen LogP contribution is -2.44. The molecule has 0 aliphatic rings. The van der Waals surface area contributed by atoms with Crippen molar-refractivity contribution in [3.63, 3.8) is 0 Å². The van der Waals surface area contributed by atoms with Gasteiger partial charge in [0.25, 0.3) is 0 Å². The maximum atomic E-state index is 11.4. The summed E-state index contributed by atoms with van der Waals surface area (Å²) < 4.78 is 5.09. The second-order valence-electron chi connectivity index (χ2n) is 4.20. The van der Waals surface area contributed by atoms with Gasteiger partial charge in [0.1, 0.15) is 6.61 Å². The summed E-state index contributed by atoms with van der Waals surface area (Å²) in [6, 6.07) is 9.60. The highest BCUT2D eigenvalue weighted by Gasteiger charge is 2.19. The van der Waals surface area contributed by atoms with Gasteiger partial charge in [-0.1, -0.05) is 46.3 Å². The number of ether oxygens (including phenoxy) is 1. The van der Waals surface area contributed by atoms with Crippen LogP contribution in [0.3, 0.4) is 0 Å². The van der Waals surface area contributed by atoms with Gasteiger partial charge in [0.05, 0.1) is 0 Å². The normalized spacial score (nSPS) is 10.9. The van der Waals surface area contributed by atoms with Crippen LogP contribution in [0.25, 0.3) is 0 Å². The van der Waals surface area contributed by atoms with Crippen LogP contribution < -0.4 is 5.32 Å². The lowest BCUT2D eigenvalue weighted by molar-refractivity contribution is 0.131. The van der Waals surface area contributed by atoms with Crippen molar-refractivity contribution in [2.24, 2.45) is 0 Å². The molecule has 0 bridgehead atoms. The molecule has 1 N–H and O–H groups in total. The van der Waals surface area contributed by atoms with Crippen molar-refractivity contribution in [2.45, 2.75) is 26.0 Å². The Labute approximate surface area is 104 Å². The first kappa shape index (κ1) is 13.0. The molecular weight excluding hydrogens is 270 g/mol. The predicted octanol–water partition coefficient (Wildman–Crippen LogP) is 3.09. The van der Waals surface area contributed by atoms with Crippen molar-refractivity contribution in [3.05, 3.63) is 35.9 Å². The molecule has 1 rings (SSSR count). The van der Waals surface area contributed by atoms with Crippen molar-refractivity contribution in [2.75, 3.05) is 5.33 Å². The van der Waals surface area contributed by atoms with Gasteiger partial charge >= 0.3 is 6.09 Å². The third-order valence-corrected chi connectivity index (χ3v) is 3.39. The number of nitrogens with one attached hydrogen (secondary N) is 1. The first-order chi connectivity index (χ1) is 7.53. The minimum Gasteiger partial charge on any atom is -0.445 e. The molecular formula is C12H16BrNO2. The number of hydrogen-bond acceptors (Lipinski definition) is 2. The summed E-state index contributed by atoms with van der Waals surface area (Å²) in [4.78, 5) is 11.4. The van der Waals surface area contributed by atoms with Crippen molar-refractivity contribution in [3.8, 4) is 0 Å². The van der Waals surface area contributed by atoms with Crippen LogP contribution in [0.2, 0.25) is 0 Å². The summed E-state index contributed by atoms with van der Waals surface area (Å²) in [5.41, 5.74) is 0.683. The zero-order valence-corrected chi connectivity index (χ0v) is 11.1. The third-order valence-electron chi connectivity index (χ3n) is 1.99. The number of carbonyl (C=O) groups excluding carboxylic acids is 1. The Morgan fingerprint density at radius 1 is 1.38 bits per heavy atom. The molecule has 88 valence electrons. The molecule has 0 atom stereocenters. The van der Waals surface area contributed by atoms with Gasteiger partial charge < -0.3 is 10.1 Å². The molecule has 0 heterocycles. The third kappa shape index (κ3) is 4.66. The Hall–Kier alpha value is -1.03. The highest BCUT2D eigenvalue weighted by Crippen LogP contribution is 2.07. The van der Waals surface area contributed by atoms with E-state index in [4.69, 9.17) is 4.74 Å². The van der Waals surface area contributed by atoms with Crippen LogP contribution >= 0.6 is 15.9 Å². The number of rotatable bonds is 4. The summed E-state index contributed by atoms with van der Waals surface area (Å²) >= 11 is 3.33. The molecule has 0 radical (unpaired) electrons. The van der Waals surface area contributed by atoms with Crippen molar-refractivity contribution in [1.82, 2.24) is 5.32 Å². The highest BCUT2D eigenvalue weighted by molar-refractivity contribution is 9.09. The van der Waals surface area contributed by atoms with Gasteiger partial charge in [-0.2, -0.15) is 0 Å². The molecule has 3 nitrogen and oxygen atoms in total. The van der Waals surface area contributed by atoms with Crippen LogP contribution in [0.5, 0.6) is 0 Å². The number of hydrogen-bond donors (Lipinski definition) is 1. The topological polar surface area (TPSA) is 38.3 Å². The second-order valence-corrected chi connectivity index (χ2v) is 4.76. The van der Waals surface area contributed by atoms with E-state index < -0.39 is 6.09 Å². The number of alkyl halides is 1. The van der Waals surface area contributed by atoms with E-state index in [2.05, 4.69) is 21.2 Å².